The molecule has 0 spiro atoms. The molecule has 0 saturated carbocycles. The lowest BCUT2D eigenvalue weighted by Crippen LogP contribution is -2.45. The number of thiophene rings is 1. The molecule has 2 aromatic rings. The van der Waals surface area contributed by atoms with Crippen LogP contribution in [-0.2, 0) is 11.3 Å². The van der Waals surface area contributed by atoms with Crippen LogP contribution in [0.1, 0.15) is 29.4 Å². The summed E-state index contributed by atoms with van der Waals surface area (Å²) in [5.41, 5.74) is 0. The molecule has 1 N–H and O–H groups in total. The second kappa shape index (κ2) is 7.61. The van der Waals surface area contributed by atoms with E-state index in [0.717, 1.165) is 17.7 Å². The van der Waals surface area contributed by atoms with Gasteiger partial charge in [0.15, 0.2) is 0 Å². The van der Waals surface area contributed by atoms with Crippen molar-refractivity contribution < 1.29 is 9.59 Å². The normalized spacial score (nSPS) is 16.8. The Morgan fingerprint density at radius 1 is 1.42 bits per heavy atom. The van der Waals surface area contributed by atoms with Crippen molar-refractivity contribution in [2.45, 2.75) is 32.4 Å². The fourth-order valence-corrected chi connectivity index (χ4v) is 3.71. The van der Waals surface area contributed by atoms with Crippen LogP contribution in [0.3, 0.4) is 0 Å². The first-order valence-electron chi connectivity index (χ1n) is 8.22. The van der Waals surface area contributed by atoms with Crippen molar-refractivity contribution >= 4 is 23.2 Å². The number of rotatable bonds is 5. The van der Waals surface area contributed by atoms with E-state index in [0.29, 0.717) is 19.6 Å². The van der Waals surface area contributed by atoms with Crippen LogP contribution in [0.15, 0.2) is 36.2 Å². The molecule has 3 heterocycles. The number of nitrogens with one attached hydrogen (secondary N) is 1. The van der Waals surface area contributed by atoms with Gasteiger partial charge in [-0.05, 0) is 31.2 Å². The lowest BCUT2D eigenvalue weighted by Gasteiger charge is -2.31. The topological polar surface area (TPSA) is 67.2 Å². The molecule has 0 unspecified atom stereocenters. The van der Waals surface area contributed by atoms with Crippen LogP contribution in [0.4, 0.5) is 0 Å². The largest absolute Gasteiger partial charge is 0.352 e. The van der Waals surface area contributed by atoms with Crippen molar-refractivity contribution in [2.75, 3.05) is 13.1 Å². The molecular formula is C17H22N4O2S. The van der Waals surface area contributed by atoms with Gasteiger partial charge in [0.05, 0.1) is 11.2 Å². The fourth-order valence-electron chi connectivity index (χ4n) is 3.02. The predicted octanol–water partition coefficient (Wildman–Crippen LogP) is 2.00. The van der Waals surface area contributed by atoms with E-state index in [1.54, 1.807) is 12.5 Å². The van der Waals surface area contributed by atoms with Crippen molar-refractivity contribution in [3.63, 3.8) is 0 Å². The van der Waals surface area contributed by atoms with E-state index >= 15 is 0 Å². The van der Waals surface area contributed by atoms with Gasteiger partial charge in [-0.2, -0.15) is 0 Å². The lowest BCUT2D eigenvalue weighted by molar-refractivity contribution is -0.127. The van der Waals surface area contributed by atoms with Gasteiger partial charge in [0.2, 0.25) is 5.91 Å². The van der Waals surface area contributed by atoms with Crippen molar-refractivity contribution in [1.82, 2.24) is 19.8 Å². The third-order valence-corrected chi connectivity index (χ3v) is 5.18. The number of aromatic nitrogens is 2. The molecule has 1 aliphatic heterocycles. The van der Waals surface area contributed by atoms with Crippen LogP contribution < -0.4 is 5.32 Å². The van der Waals surface area contributed by atoms with Gasteiger partial charge in [0.25, 0.3) is 5.91 Å². The summed E-state index contributed by atoms with van der Waals surface area (Å²) in [5.74, 6) is 0.158. The van der Waals surface area contributed by atoms with Gasteiger partial charge in [-0.1, -0.05) is 6.07 Å². The van der Waals surface area contributed by atoms with Crippen LogP contribution >= 0.6 is 11.3 Å². The number of hydrogen-bond donors (Lipinski definition) is 1. The van der Waals surface area contributed by atoms with E-state index in [1.165, 1.54) is 11.3 Å². The molecule has 1 aliphatic rings. The number of carbonyl (C=O) groups is 2. The summed E-state index contributed by atoms with van der Waals surface area (Å²) in [5, 5.41) is 4.98. The zero-order chi connectivity index (χ0) is 16.9. The lowest BCUT2D eigenvalue weighted by atomic mass is 9.95. The Bertz CT molecular complexity index is 661. The SMILES string of the molecule is C[C@H](Cn1ccnc1)NC(=O)C1CCN(C(=O)c2cccs2)CC1. The summed E-state index contributed by atoms with van der Waals surface area (Å²) in [6, 6.07) is 3.79. The minimum absolute atomic E-state index is 0.0115. The molecule has 1 fully saturated rings. The number of piperidine rings is 1. The minimum atomic E-state index is -0.0115. The summed E-state index contributed by atoms with van der Waals surface area (Å²) in [7, 11) is 0. The van der Waals surface area contributed by atoms with Crippen molar-refractivity contribution in [1.29, 1.82) is 0 Å². The number of nitrogens with zero attached hydrogens (tertiary/aromatic N) is 3. The molecule has 0 bridgehead atoms. The van der Waals surface area contributed by atoms with Crippen LogP contribution in [-0.4, -0.2) is 45.4 Å². The molecule has 2 aromatic heterocycles. The van der Waals surface area contributed by atoms with E-state index in [1.807, 2.05) is 40.1 Å². The Kier molecular flexibility index (Phi) is 5.30. The quantitative estimate of drug-likeness (QED) is 0.900. The molecule has 2 amide bonds. The maximum atomic E-state index is 12.4. The van der Waals surface area contributed by atoms with Crippen molar-refractivity contribution in [2.24, 2.45) is 5.92 Å². The van der Waals surface area contributed by atoms with Crippen LogP contribution in [0, 0.1) is 5.92 Å². The molecular weight excluding hydrogens is 324 g/mol. The van der Waals surface area contributed by atoms with E-state index in [2.05, 4.69) is 10.3 Å². The van der Waals surface area contributed by atoms with Crippen molar-refractivity contribution in [3.8, 4) is 0 Å². The zero-order valence-corrected chi connectivity index (χ0v) is 14.5. The number of hydrogen-bond acceptors (Lipinski definition) is 4. The van der Waals surface area contributed by atoms with Gasteiger partial charge in [-0.25, -0.2) is 4.98 Å². The predicted molar refractivity (Wildman–Crippen MR) is 92.8 cm³/mol. The van der Waals surface area contributed by atoms with E-state index in [9.17, 15) is 9.59 Å². The summed E-state index contributed by atoms with van der Waals surface area (Å²) < 4.78 is 1.95. The molecule has 0 aromatic carbocycles. The fraction of sp³-hybridized carbons (Fsp3) is 0.471. The summed E-state index contributed by atoms with van der Waals surface area (Å²) >= 11 is 1.46. The molecule has 128 valence electrons. The van der Waals surface area contributed by atoms with E-state index in [4.69, 9.17) is 0 Å². The third-order valence-electron chi connectivity index (χ3n) is 4.32. The second-order valence-electron chi connectivity index (χ2n) is 6.21. The molecule has 24 heavy (non-hydrogen) atoms. The Morgan fingerprint density at radius 2 is 2.21 bits per heavy atom. The molecule has 1 saturated heterocycles. The van der Waals surface area contributed by atoms with Gasteiger partial charge in [-0.15, -0.1) is 11.3 Å². The first-order chi connectivity index (χ1) is 11.6. The van der Waals surface area contributed by atoms with Gasteiger partial charge < -0.3 is 14.8 Å². The maximum Gasteiger partial charge on any atom is 0.263 e. The number of carbonyl (C=O) groups excluding carboxylic acids is 2. The number of amides is 2. The Morgan fingerprint density at radius 3 is 2.83 bits per heavy atom. The first kappa shape index (κ1) is 16.7. The molecule has 1 atom stereocenters. The van der Waals surface area contributed by atoms with Crippen LogP contribution in [0.25, 0.3) is 0 Å². The summed E-state index contributed by atoms with van der Waals surface area (Å²) in [6.07, 6.45) is 6.81. The summed E-state index contributed by atoms with van der Waals surface area (Å²) in [4.78, 5) is 31.4. The highest BCUT2D eigenvalue weighted by Gasteiger charge is 2.28. The molecule has 0 radical (unpaired) electrons. The minimum Gasteiger partial charge on any atom is -0.352 e. The first-order valence-corrected chi connectivity index (χ1v) is 9.10. The van der Waals surface area contributed by atoms with Gasteiger partial charge in [0, 0.05) is 44.0 Å². The average molecular weight is 346 g/mol. The standard InChI is InChI=1S/C17H22N4O2S/c1-13(11-20-9-6-18-12-20)19-16(22)14-4-7-21(8-5-14)17(23)15-3-2-10-24-15/h2-3,6,9-10,12-14H,4-5,7-8,11H2,1H3,(H,19,22)/t13-/m1/s1. The molecule has 0 aliphatic carbocycles. The Labute approximate surface area is 145 Å². The Hall–Kier alpha value is -2.15. The monoisotopic (exact) mass is 346 g/mol. The van der Waals surface area contributed by atoms with Gasteiger partial charge >= 0.3 is 0 Å². The maximum absolute atomic E-state index is 12.4. The average Bonchev–Trinajstić information content (AvgIpc) is 3.27. The van der Waals surface area contributed by atoms with E-state index < -0.39 is 0 Å². The van der Waals surface area contributed by atoms with Gasteiger partial charge in [-0.3, -0.25) is 9.59 Å². The second-order valence-corrected chi connectivity index (χ2v) is 7.16. The zero-order valence-electron chi connectivity index (χ0n) is 13.7. The highest BCUT2D eigenvalue weighted by molar-refractivity contribution is 7.12. The van der Waals surface area contributed by atoms with Crippen LogP contribution in [0.2, 0.25) is 0 Å². The Balaban J connectivity index is 1.45. The number of imidazole rings is 1. The highest BCUT2D eigenvalue weighted by Crippen LogP contribution is 2.21. The molecule has 7 heteroatoms. The van der Waals surface area contributed by atoms with Gasteiger partial charge in [0.1, 0.15) is 0 Å². The summed E-state index contributed by atoms with van der Waals surface area (Å²) in [6.45, 7) is 3.99. The third kappa shape index (κ3) is 4.03. The number of likely N-dealkylation sites (tertiary alicyclic amines) is 1. The molecule has 6 nitrogen and oxygen atoms in total. The molecule has 3 rings (SSSR count). The smallest absolute Gasteiger partial charge is 0.263 e. The van der Waals surface area contributed by atoms with Crippen LogP contribution in [0.5, 0.6) is 0 Å². The van der Waals surface area contributed by atoms with Crippen molar-refractivity contribution in [3.05, 3.63) is 41.1 Å². The highest BCUT2D eigenvalue weighted by atomic mass is 32.1. The van der Waals surface area contributed by atoms with E-state index in [-0.39, 0.29) is 23.8 Å².